The predicted octanol–water partition coefficient (Wildman–Crippen LogP) is 4.15. The number of likely N-dealkylation sites (tertiary alicyclic amines) is 1. The molecule has 1 unspecified atom stereocenters. The Balaban J connectivity index is 1.50. The van der Waals surface area contributed by atoms with Crippen molar-refractivity contribution in [2.45, 2.75) is 38.6 Å². The van der Waals surface area contributed by atoms with Crippen molar-refractivity contribution < 1.29 is 24.1 Å². The number of phenolic OH excluding ortho intramolecular Hbond substituents is 1. The molecule has 0 aliphatic carbocycles. The van der Waals surface area contributed by atoms with Gasteiger partial charge in [-0.15, -0.1) is 0 Å². The first kappa shape index (κ1) is 24.0. The number of phenols is 1. The third-order valence-electron chi connectivity index (χ3n) is 6.36. The number of hydrogen-bond donors (Lipinski definition) is 3. The predicted molar refractivity (Wildman–Crippen MR) is 129 cm³/mol. The van der Waals surface area contributed by atoms with E-state index in [9.17, 15) is 14.6 Å². The Bertz CT molecular complexity index is 1140. The van der Waals surface area contributed by atoms with Gasteiger partial charge in [0.2, 0.25) is 0 Å². The molecule has 2 aromatic carbocycles. The minimum Gasteiger partial charge on any atom is -0.508 e. The maximum Gasteiger partial charge on any atom is 0.163 e. The molecule has 3 N–H and O–H groups in total. The molecule has 1 saturated heterocycles. The van der Waals surface area contributed by atoms with Crippen LogP contribution in [-0.4, -0.2) is 64.5 Å². The van der Waals surface area contributed by atoms with Gasteiger partial charge in [-0.1, -0.05) is 6.42 Å². The second kappa shape index (κ2) is 10.8. The molecule has 8 nitrogen and oxygen atoms in total. The monoisotopic (exact) mass is 470 g/mol. The zero-order valence-electron chi connectivity index (χ0n) is 19.6. The highest BCUT2D eigenvalue weighted by molar-refractivity contribution is 5.93. The third kappa shape index (κ3) is 5.15. The van der Waals surface area contributed by atoms with Gasteiger partial charge in [0.05, 0.1) is 31.5 Å². The Morgan fingerprint density at radius 1 is 1.21 bits per heavy atom. The van der Waals surface area contributed by atoms with Gasteiger partial charge in [0.1, 0.15) is 23.7 Å². The molecule has 0 saturated carbocycles. The largest absolute Gasteiger partial charge is 0.508 e. The lowest BCUT2D eigenvalue weighted by atomic mass is 10.0. The molecule has 9 heteroatoms. The van der Waals surface area contributed by atoms with E-state index in [0.29, 0.717) is 40.4 Å². The average Bonchev–Trinajstić information content (AvgIpc) is 2.86. The van der Waals surface area contributed by atoms with E-state index in [2.05, 4.69) is 20.2 Å². The van der Waals surface area contributed by atoms with E-state index in [1.807, 2.05) is 0 Å². The van der Waals surface area contributed by atoms with Gasteiger partial charge in [-0.25, -0.2) is 14.4 Å². The molecule has 0 bridgehead atoms. The fourth-order valence-electron chi connectivity index (χ4n) is 4.39. The van der Waals surface area contributed by atoms with E-state index < -0.39 is 5.82 Å². The summed E-state index contributed by atoms with van der Waals surface area (Å²) in [6.45, 7) is 4.20. The van der Waals surface area contributed by atoms with Gasteiger partial charge >= 0.3 is 0 Å². The second-order valence-electron chi connectivity index (χ2n) is 8.50. The normalized spacial score (nSPS) is 16.5. The zero-order chi connectivity index (χ0) is 24.1. The van der Waals surface area contributed by atoms with E-state index in [4.69, 9.17) is 9.47 Å². The Kier molecular flexibility index (Phi) is 7.64. The van der Waals surface area contributed by atoms with Gasteiger partial charge in [-0.3, -0.25) is 4.90 Å². The number of nitrogens with zero attached hydrogens (tertiary/aromatic N) is 3. The number of rotatable bonds is 9. The second-order valence-corrected chi connectivity index (χ2v) is 8.50. The summed E-state index contributed by atoms with van der Waals surface area (Å²) < 4.78 is 26.0. The summed E-state index contributed by atoms with van der Waals surface area (Å²) in [5.41, 5.74) is 1.15. The molecule has 1 fully saturated rings. The number of anilines is 2. The summed E-state index contributed by atoms with van der Waals surface area (Å²) in [6, 6.07) is 6.30. The average molecular weight is 471 g/mol. The van der Waals surface area contributed by atoms with Crippen molar-refractivity contribution in [3.63, 3.8) is 0 Å². The molecule has 1 aromatic heterocycles. The lowest BCUT2D eigenvalue weighted by molar-refractivity contribution is 0.0850. The first-order valence-corrected chi connectivity index (χ1v) is 11.6. The van der Waals surface area contributed by atoms with Crippen molar-refractivity contribution >= 4 is 22.4 Å². The molecule has 2 heterocycles. The SMILES string of the molecule is COc1cc2c(Nc3c(F)ccc(O)c3C)ncnc2cc1OCCCN1CCCCC1CO. The first-order chi connectivity index (χ1) is 16.5. The summed E-state index contributed by atoms with van der Waals surface area (Å²) >= 11 is 0. The van der Waals surface area contributed by atoms with Gasteiger partial charge in [0.25, 0.3) is 0 Å². The quantitative estimate of drug-likeness (QED) is 0.401. The standard InChI is InChI=1S/C25H31FN4O4/c1-16-21(32)8-7-19(26)24(16)29-25-18-12-22(33-2)23(13-20(18)27-15-28-25)34-11-5-10-30-9-4-3-6-17(30)14-31/h7-8,12-13,15,17,31-32H,3-6,9-11,14H2,1-2H3,(H,27,28,29). The number of nitrogens with one attached hydrogen (secondary N) is 1. The Labute approximate surface area is 198 Å². The molecule has 0 radical (unpaired) electrons. The Morgan fingerprint density at radius 2 is 2.06 bits per heavy atom. The smallest absolute Gasteiger partial charge is 0.163 e. The Hall–Kier alpha value is -3.17. The summed E-state index contributed by atoms with van der Waals surface area (Å²) in [4.78, 5) is 10.9. The number of aromatic nitrogens is 2. The maximum absolute atomic E-state index is 14.4. The number of aromatic hydroxyl groups is 1. The number of piperidine rings is 1. The maximum atomic E-state index is 14.4. The van der Waals surface area contributed by atoms with E-state index in [1.54, 1.807) is 26.2 Å². The van der Waals surface area contributed by atoms with Gasteiger partial charge in [-0.2, -0.15) is 0 Å². The summed E-state index contributed by atoms with van der Waals surface area (Å²) in [7, 11) is 1.56. The number of hydrogen-bond acceptors (Lipinski definition) is 8. The molecular formula is C25H31FN4O4. The van der Waals surface area contributed by atoms with Crippen LogP contribution in [0.3, 0.4) is 0 Å². The number of ether oxygens (including phenoxy) is 2. The topological polar surface area (TPSA) is 100.0 Å². The van der Waals surface area contributed by atoms with Crippen molar-refractivity contribution in [1.82, 2.24) is 14.9 Å². The number of benzene rings is 2. The molecule has 0 amide bonds. The van der Waals surface area contributed by atoms with Gasteiger partial charge in [0.15, 0.2) is 11.5 Å². The highest BCUT2D eigenvalue weighted by Gasteiger charge is 2.21. The number of halogens is 1. The minimum absolute atomic E-state index is 0.00890. The van der Waals surface area contributed by atoms with Crippen molar-refractivity contribution in [1.29, 1.82) is 0 Å². The van der Waals surface area contributed by atoms with Crippen LogP contribution in [0.2, 0.25) is 0 Å². The van der Waals surface area contributed by atoms with E-state index in [-0.39, 0.29) is 24.1 Å². The van der Waals surface area contributed by atoms with E-state index in [1.165, 1.54) is 24.9 Å². The molecular weight excluding hydrogens is 439 g/mol. The number of methoxy groups -OCH3 is 1. The molecule has 1 aliphatic rings. The van der Waals surface area contributed by atoms with E-state index in [0.717, 1.165) is 32.4 Å². The number of aliphatic hydroxyl groups is 1. The molecule has 4 rings (SSSR count). The van der Waals surface area contributed by atoms with Crippen LogP contribution < -0.4 is 14.8 Å². The fraction of sp³-hybridized carbons (Fsp3) is 0.440. The fourth-order valence-corrected chi connectivity index (χ4v) is 4.39. The highest BCUT2D eigenvalue weighted by Crippen LogP contribution is 2.36. The van der Waals surface area contributed by atoms with Crippen molar-refractivity contribution in [3.05, 3.63) is 42.0 Å². The molecule has 1 atom stereocenters. The summed E-state index contributed by atoms with van der Waals surface area (Å²) in [6.07, 6.45) is 5.59. The molecule has 182 valence electrons. The van der Waals surface area contributed by atoms with Crippen LogP contribution in [0.25, 0.3) is 10.9 Å². The zero-order valence-corrected chi connectivity index (χ0v) is 19.6. The van der Waals surface area contributed by atoms with Crippen LogP contribution in [0.15, 0.2) is 30.6 Å². The van der Waals surface area contributed by atoms with Gasteiger partial charge in [0, 0.05) is 29.6 Å². The van der Waals surface area contributed by atoms with Crippen LogP contribution in [0, 0.1) is 12.7 Å². The molecule has 3 aromatic rings. The van der Waals surface area contributed by atoms with Crippen LogP contribution >= 0.6 is 0 Å². The molecule has 34 heavy (non-hydrogen) atoms. The lowest BCUT2D eigenvalue weighted by Crippen LogP contribution is -2.42. The van der Waals surface area contributed by atoms with Gasteiger partial charge in [-0.05, 0) is 50.9 Å². The number of fused-ring (bicyclic) bond motifs is 1. The van der Waals surface area contributed by atoms with Crippen LogP contribution in [-0.2, 0) is 0 Å². The Morgan fingerprint density at radius 3 is 2.85 bits per heavy atom. The third-order valence-corrected chi connectivity index (χ3v) is 6.36. The summed E-state index contributed by atoms with van der Waals surface area (Å²) in [5, 5.41) is 23.2. The lowest BCUT2D eigenvalue weighted by Gasteiger charge is -2.34. The van der Waals surface area contributed by atoms with Crippen molar-refractivity contribution in [2.24, 2.45) is 0 Å². The number of aliphatic hydroxyl groups excluding tert-OH is 1. The summed E-state index contributed by atoms with van der Waals surface area (Å²) in [5.74, 6) is 0.973. The van der Waals surface area contributed by atoms with E-state index >= 15 is 0 Å². The highest BCUT2D eigenvalue weighted by atomic mass is 19.1. The van der Waals surface area contributed by atoms with Crippen LogP contribution in [0.1, 0.15) is 31.2 Å². The minimum atomic E-state index is -0.494. The van der Waals surface area contributed by atoms with Crippen molar-refractivity contribution in [3.8, 4) is 17.2 Å². The van der Waals surface area contributed by atoms with Crippen LogP contribution in [0.5, 0.6) is 17.2 Å². The first-order valence-electron chi connectivity index (χ1n) is 11.6. The molecule has 0 spiro atoms. The van der Waals surface area contributed by atoms with Crippen molar-refractivity contribution in [2.75, 3.05) is 38.7 Å². The molecule has 1 aliphatic heterocycles. The van der Waals surface area contributed by atoms with Crippen LogP contribution in [0.4, 0.5) is 15.9 Å². The van der Waals surface area contributed by atoms with Gasteiger partial charge < -0.3 is 25.0 Å².